The summed E-state index contributed by atoms with van der Waals surface area (Å²) in [5, 5.41) is 8.55. The number of nitrogens with zero attached hydrogens (tertiary/aromatic N) is 2. The van der Waals surface area contributed by atoms with Crippen LogP contribution >= 0.6 is 0 Å². The van der Waals surface area contributed by atoms with Crippen LogP contribution in [0.2, 0.25) is 0 Å². The highest BCUT2D eigenvalue weighted by Gasteiger charge is 2.29. The number of rotatable bonds is 7. The fraction of sp³-hybridized carbons (Fsp3) is 0.667. The van der Waals surface area contributed by atoms with Crippen LogP contribution < -0.4 is 0 Å². The van der Waals surface area contributed by atoms with Crippen molar-refractivity contribution in [3.8, 4) is 6.07 Å². The minimum Gasteiger partial charge on any atom is -0.463 e. The summed E-state index contributed by atoms with van der Waals surface area (Å²) in [5.41, 5.74) is 0.478. The van der Waals surface area contributed by atoms with E-state index in [0.29, 0.717) is 37.7 Å². The number of hydrogen-bond donors (Lipinski definition) is 0. The van der Waals surface area contributed by atoms with Crippen LogP contribution in [0.25, 0.3) is 0 Å². The highest BCUT2D eigenvalue weighted by molar-refractivity contribution is 5.88. The molecule has 1 saturated carbocycles. The standard InChI is InChI=1S/C12H18N2O2/c1-3-16-12(15)10(2)9-14(8-4-7-13)11-5-6-11/h11H,2-6,8-9H2,1H3. The van der Waals surface area contributed by atoms with Crippen LogP contribution in [0.15, 0.2) is 12.2 Å². The van der Waals surface area contributed by atoms with Crippen molar-refractivity contribution in [2.24, 2.45) is 0 Å². The Morgan fingerprint density at radius 1 is 1.62 bits per heavy atom. The molecule has 1 aliphatic carbocycles. The van der Waals surface area contributed by atoms with Gasteiger partial charge >= 0.3 is 5.97 Å². The number of nitriles is 1. The lowest BCUT2D eigenvalue weighted by atomic mass is 10.2. The van der Waals surface area contributed by atoms with Crippen molar-refractivity contribution in [2.45, 2.75) is 32.2 Å². The van der Waals surface area contributed by atoms with Gasteiger partial charge in [0.25, 0.3) is 0 Å². The van der Waals surface area contributed by atoms with E-state index in [2.05, 4.69) is 17.5 Å². The Morgan fingerprint density at radius 3 is 2.81 bits per heavy atom. The first-order valence-electron chi connectivity index (χ1n) is 5.65. The number of hydrogen-bond acceptors (Lipinski definition) is 4. The van der Waals surface area contributed by atoms with Crippen molar-refractivity contribution in [1.82, 2.24) is 4.90 Å². The van der Waals surface area contributed by atoms with Crippen molar-refractivity contribution >= 4 is 5.97 Å². The molecule has 1 rings (SSSR count). The summed E-state index contributed by atoms with van der Waals surface area (Å²) >= 11 is 0. The van der Waals surface area contributed by atoms with Gasteiger partial charge in [-0.3, -0.25) is 4.90 Å². The van der Waals surface area contributed by atoms with Crippen LogP contribution in [-0.2, 0) is 9.53 Å². The van der Waals surface area contributed by atoms with E-state index in [4.69, 9.17) is 10.00 Å². The molecule has 0 aromatic heterocycles. The maximum atomic E-state index is 11.4. The van der Waals surface area contributed by atoms with E-state index in [0.717, 1.165) is 12.8 Å². The van der Waals surface area contributed by atoms with Gasteiger partial charge in [0.1, 0.15) is 0 Å². The molecule has 0 spiro atoms. The summed E-state index contributed by atoms with van der Waals surface area (Å²) < 4.78 is 4.88. The maximum absolute atomic E-state index is 11.4. The molecule has 4 nitrogen and oxygen atoms in total. The zero-order chi connectivity index (χ0) is 12.0. The van der Waals surface area contributed by atoms with Crippen LogP contribution in [0, 0.1) is 11.3 Å². The second kappa shape index (κ2) is 6.29. The third-order valence-electron chi connectivity index (χ3n) is 2.53. The van der Waals surface area contributed by atoms with Gasteiger partial charge in [-0.15, -0.1) is 0 Å². The monoisotopic (exact) mass is 222 g/mol. The van der Waals surface area contributed by atoms with Gasteiger partial charge in [0.15, 0.2) is 0 Å². The van der Waals surface area contributed by atoms with Crippen molar-refractivity contribution in [3.63, 3.8) is 0 Å². The number of esters is 1. The molecule has 88 valence electrons. The second-order valence-electron chi connectivity index (χ2n) is 3.93. The molecule has 0 aliphatic heterocycles. The highest BCUT2D eigenvalue weighted by Crippen LogP contribution is 2.27. The van der Waals surface area contributed by atoms with E-state index < -0.39 is 0 Å². The Balaban J connectivity index is 2.39. The maximum Gasteiger partial charge on any atom is 0.334 e. The first kappa shape index (κ1) is 12.7. The van der Waals surface area contributed by atoms with E-state index in [-0.39, 0.29) is 5.97 Å². The zero-order valence-electron chi connectivity index (χ0n) is 9.74. The summed E-state index contributed by atoms with van der Waals surface area (Å²) in [5.74, 6) is -0.329. The van der Waals surface area contributed by atoms with E-state index in [9.17, 15) is 4.79 Å². The molecule has 16 heavy (non-hydrogen) atoms. The number of carbonyl (C=O) groups is 1. The molecule has 0 amide bonds. The largest absolute Gasteiger partial charge is 0.463 e. The Kier molecular flexibility index (Phi) is 5.00. The molecule has 0 saturated heterocycles. The van der Waals surface area contributed by atoms with Crippen molar-refractivity contribution in [3.05, 3.63) is 12.2 Å². The molecule has 0 aromatic carbocycles. The van der Waals surface area contributed by atoms with Crippen LogP contribution in [-0.4, -0.2) is 36.6 Å². The van der Waals surface area contributed by atoms with E-state index in [1.54, 1.807) is 6.92 Å². The Hall–Kier alpha value is -1.34. The molecule has 0 heterocycles. The summed E-state index contributed by atoms with van der Waals surface area (Å²) in [6, 6.07) is 2.65. The molecule has 0 atom stereocenters. The third-order valence-corrected chi connectivity index (χ3v) is 2.53. The van der Waals surface area contributed by atoms with Gasteiger partial charge in [0, 0.05) is 31.1 Å². The SMILES string of the molecule is C=C(CN(CCC#N)C1CC1)C(=O)OCC. The van der Waals surface area contributed by atoms with E-state index >= 15 is 0 Å². The third kappa shape index (κ3) is 4.03. The molecule has 4 heteroatoms. The first-order valence-corrected chi connectivity index (χ1v) is 5.65. The predicted octanol–water partition coefficient (Wildman–Crippen LogP) is 1.48. The second-order valence-corrected chi connectivity index (χ2v) is 3.93. The number of carbonyl (C=O) groups excluding carboxylic acids is 1. The fourth-order valence-electron chi connectivity index (χ4n) is 1.57. The summed E-state index contributed by atoms with van der Waals surface area (Å²) in [4.78, 5) is 13.5. The lowest BCUT2D eigenvalue weighted by Gasteiger charge is -2.20. The quantitative estimate of drug-likeness (QED) is 0.483. The lowest BCUT2D eigenvalue weighted by molar-refractivity contribution is -0.138. The average Bonchev–Trinajstić information content (AvgIpc) is 3.08. The Morgan fingerprint density at radius 2 is 2.31 bits per heavy atom. The van der Waals surface area contributed by atoms with Gasteiger partial charge < -0.3 is 4.74 Å². The lowest BCUT2D eigenvalue weighted by Crippen LogP contribution is -2.31. The minimum atomic E-state index is -0.329. The first-order chi connectivity index (χ1) is 7.69. The minimum absolute atomic E-state index is 0.329. The summed E-state index contributed by atoms with van der Waals surface area (Å²) in [7, 11) is 0. The summed E-state index contributed by atoms with van der Waals surface area (Å²) in [6.45, 7) is 7.11. The van der Waals surface area contributed by atoms with Crippen LogP contribution in [0.4, 0.5) is 0 Å². The fourth-order valence-corrected chi connectivity index (χ4v) is 1.57. The molecule has 1 fully saturated rings. The van der Waals surface area contributed by atoms with Crippen molar-refractivity contribution in [1.29, 1.82) is 5.26 Å². The van der Waals surface area contributed by atoms with E-state index in [1.165, 1.54) is 0 Å². The van der Waals surface area contributed by atoms with Crippen LogP contribution in [0.1, 0.15) is 26.2 Å². The average molecular weight is 222 g/mol. The smallest absolute Gasteiger partial charge is 0.334 e. The van der Waals surface area contributed by atoms with Gasteiger partial charge in [0.05, 0.1) is 12.7 Å². The molecule has 0 bridgehead atoms. The molecule has 0 aromatic rings. The van der Waals surface area contributed by atoms with Gasteiger partial charge in [-0.05, 0) is 19.8 Å². The van der Waals surface area contributed by atoms with Crippen LogP contribution in [0.3, 0.4) is 0 Å². The Bertz CT molecular complexity index is 303. The van der Waals surface area contributed by atoms with Crippen molar-refractivity contribution in [2.75, 3.05) is 19.7 Å². The molecule has 0 unspecified atom stereocenters. The van der Waals surface area contributed by atoms with Gasteiger partial charge in [-0.1, -0.05) is 6.58 Å². The number of ether oxygens (including phenoxy) is 1. The molecular formula is C12H18N2O2. The van der Waals surface area contributed by atoms with Crippen molar-refractivity contribution < 1.29 is 9.53 Å². The molecular weight excluding hydrogens is 204 g/mol. The zero-order valence-corrected chi connectivity index (χ0v) is 9.74. The Labute approximate surface area is 96.5 Å². The summed E-state index contributed by atoms with van der Waals surface area (Å²) in [6.07, 6.45) is 2.80. The van der Waals surface area contributed by atoms with Gasteiger partial charge in [0.2, 0.25) is 0 Å². The van der Waals surface area contributed by atoms with Gasteiger partial charge in [-0.2, -0.15) is 5.26 Å². The predicted molar refractivity (Wildman–Crippen MR) is 60.6 cm³/mol. The highest BCUT2D eigenvalue weighted by atomic mass is 16.5. The molecule has 0 N–H and O–H groups in total. The van der Waals surface area contributed by atoms with Gasteiger partial charge in [-0.25, -0.2) is 4.79 Å². The van der Waals surface area contributed by atoms with Crippen LogP contribution in [0.5, 0.6) is 0 Å². The molecule has 1 aliphatic rings. The molecule has 0 radical (unpaired) electrons. The topological polar surface area (TPSA) is 53.3 Å². The normalized spacial score (nSPS) is 14.6. The van der Waals surface area contributed by atoms with E-state index in [1.807, 2.05) is 0 Å².